The first-order chi connectivity index (χ1) is 10.7. The van der Waals surface area contributed by atoms with Crippen LogP contribution in [0.15, 0.2) is 34.1 Å². The van der Waals surface area contributed by atoms with Crippen molar-refractivity contribution >= 4 is 11.0 Å². The van der Waals surface area contributed by atoms with E-state index in [2.05, 4.69) is 37.0 Å². The van der Waals surface area contributed by atoms with Gasteiger partial charge in [-0.05, 0) is 24.1 Å². The number of rotatable bonds is 2. The highest BCUT2D eigenvalue weighted by molar-refractivity contribution is 5.74. The SMILES string of the molecule is O=c1[nH]c2c(c(=O)[nH]1)CCN(Cc1ccc3nc[nH]c3c1)C2. The molecule has 0 spiro atoms. The van der Waals surface area contributed by atoms with Crippen LogP contribution in [0.5, 0.6) is 0 Å². The molecule has 1 aliphatic heterocycles. The first kappa shape index (κ1) is 13.0. The van der Waals surface area contributed by atoms with Gasteiger partial charge in [-0.25, -0.2) is 9.78 Å². The molecule has 0 bridgehead atoms. The van der Waals surface area contributed by atoms with Crippen molar-refractivity contribution in [3.05, 3.63) is 62.2 Å². The Morgan fingerprint density at radius 3 is 3.05 bits per heavy atom. The molecule has 22 heavy (non-hydrogen) atoms. The van der Waals surface area contributed by atoms with Crippen molar-refractivity contribution in [1.29, 1.82) is 0 Å². The van der Waals surface area contributed by atoms with Crippen molar-refractivity contribution in [2.24, 2.45) is 0 Å². The molecule has 3 heterocycles. The van der Waals surface area contributed by atoms with Gasteiger partial charge in [0.2, 0.25) is 0 Å². The zero-order valence-corrected chi connectivity index (χ0v) is 11.8. The Morgan fingerprint density at radius 2 is 2.14 bits per heavy atom. The summed E-state index contributed by atoms with van der Waals surface area (Å²) in [5.74, 6) is 0. The van der Waals surface area contributed by atoms with Crippen LogP contribution in [0.2, 0.25) is 0 Å². The predicted octanol–water partition coefficient (Wildman–Crippen LogP) is 0.498. The standard InChI is InChI=1S/C15H15N5O2/c21-14-10-3-4-20(7-13(10)18-15(22)19-14)6-9-1-2-11-12(5-9)17-8-16-11/h1-2,5,8H,3-4,6-7H2,(H,16,17)(H2,18,19,21,22). The van der Waals surface area contributed by atoms with Gasteiger partial charge in [-0.1, -0.05) is 6.07 Å². The molecule has 1 aromatic carbocycles. The fourth-order valence-electron chi connectivity index (χ4n) is 3.01. The second-order valence-electron chi connectivity index (χ2n) is 5.58. The number of aromatic nitrogens is 4. The van der Waals surface area contributed by atoms with Crippen LogP contribution in [0.3, 0.4) is 0 Å². The van der Waals surface area contributed by atoms with Crippen LogP contribution < -0.4 is 11.2 Å². The van der Waals surface area contributed by atoms with Crippen LogP contribution in [0.25, 0.3) is 11.0 Å². The topological polar surface area (TPSA) is 97.6 Å². The van der Waals surface area contributed by atoms with Crippen LogP contribution >= 0.6 is 0 Å². The molecular formula is C15H15N5O2. The zero-order valence-electron chi connectivity index (χ0n) is 11.8. The third kappa shape index (κ3) is 2.25. The maximum atomic E-state index is 11.8. The van der Waals surface area contributed by atoms with Crippen molar-refractivity contribution in [2.75, 3.05) is 6.54 Å². The number of fused-ring (bicyclic) bond motifs is 2. The van der Waals surface area contributed by atoms with Crippen LogP contribution in [0.4, 0.5) is 0 Å². The van der Waals surface area contributed by atoms with Crippen LogP contribution in [0.1, 0.15) is 16.8 Å². The molecule has 0 saturated heterocycles. The summed E-state index contributed by atoms with van der Waals surface area (Å²) in [6, 6.07) is 6.13. The van der Waals surface area contributed by atoms with E-state index in [4.69, 9.17) is 0 Å². The van der Waals surface area contributed by atoms with Gasteiger partial charge in [-0.15, -0.1) is 0 Å². The van der Waals surface area contributed by atoms with E-state index in [0.717, 1.165) is 29.8 Å². The smallest absolute Gasteiger partial charge is 0.325 e. The minimum atomic E-state index is -0.440. The highest BCUT2D eigenvalue weighted by Gasteiger charge is 2.20. The molecule has 2 aromatic heterocycles. The van der Waals surface area contributed by atoms with Gasteiger partial charge in [-0.3, -0.25) is 14.7 Å². The van der Waals surface area contributed by atoms with E-state index in [9.17, 15) is 9.59 Å². The molecule has 3 N–H and O–H groups in total. The molecule has 7 nitrogen and oxygen atoms in total. The monoisotopic (exact) mass is 297 g/mol. The number of hydrogen-bond donors (Lipinski definition) is 3. The largest absolute Gasteiger partial charge is 0.345 e. The second-order valence-corrected chi connectivity index (χ2v) is 5.58. The number of benzene rings is 1. The molecule has 0 fully saturated rings. The molecule has 4 rings (SSSR count). The molecule has 0 saturated carbocycles. The normalized spacial score (nSPS) is 15.1. The first-order valence-corrected chi connectivity index (χ1v) is 7.18. The van der Waals surface area contributed by atoms with Gasteiger partial charge in [0.25, 0.3) is 5.56 Å². The Kier molecular flexibility index (Phi) is 2.93. The van der Waals surface area contributed by atoms with Gasteiger partial charge in [-0.2, -0.15) is 0 Å². The summed E-state index contributed by atoms with van der Waals surface area (Å²) >= 11 is 0. The zero-order chi connectivity index (χ0) is 15.1. The summed E-state index contributed by atoms with van der Waals surface area (Å²) in [5, 5.41) is 0. The number of H-pyrrole nitrogens is 3. The predicted molar refractivity (Wildman–Crippen MR) is 81.6 cm³/mol. The number of aromatic amines is 3. The lowest BCUT2D eigenvalue weighted by Gasteiger charge is -2.27. The molecule has 0 radical (unpaired) electrons. The lowest BCUT2D eigenvalue weighted by Crippen LogP contribution is -2.38. The average Bonchev–Trinajstić information content (AvgIpc) is 2.94. The fourth-order valence-corrected chi connectivity index (χ4v) is 3.01. The summed E-state index contributed by atoms with van der Waals surface area (Å²) < 4.78 is 0. The maximum absolute atomic E-state index is 11.8. The Hall–Kier alpha value is -2.67. The van der Waals surface area contributed by atoms with E-state index < -0.39 is 5.69 Å². The summed E-state index contributed by atoms with van der Waals surface area (Å²) in [6.45, 7) is 2.14. The van der Waals surface area contributed by atoms with Crippen molar-refractivity contribution in [2.45, 2.75) is 19.5 Å². The quantitative estimate of drug-likeness (QED) is 0.641. The van der Waals surface area contributed by atoms with Gasteiger partial charge in [0.1, 0.15) is 0 Å². The van der Waals surface area contributed by atoms with Gasteiger partial charge >= 0.3 is 5.69 Å². The van der Waals surface area contributed by atoms with Gasteiger partial charge in [0.05, 0.1) is 17.4 Å². The van der Waals surface area contributed by atoms with Crippen LogP contribution in [-0.2, 0) is 19.5 Å². The summed E-state index contributed by atoms with van der Waals surface area (Å²) in [4.78, 5) is 37.7. The molecule has 1 aliphatic rings. The second kappa shape index (κ2) is 4.96. The van der Waals surface area contributed by atoms with E-state index in [-0.39, 0.29) is 5.56 Å². The molecule has 3 aromatic rings. The number of nitrogens with one attached hydrogen (secondary N) is 3. The Balaban J connectivity index is 1.59. The maximum Gasteiger partial charge on any atom is 0.325 e. The lowest BCUT2D eigenvalue weighted by molar-refractivity contribution is 0.240. The molecule has 0 aliphatic carbocycles. The van der Waals surface area contributed by atoms with Crippen LogP contribution in [-0.4, -0.2) is 31.4 Å². The van der Waals surface area contributed by atoms with Gasteiger partial charge < -0.3 is 9.97 Å². The van der Waals surface area contributed by atoms with Crippen molar-refractivity contribution < 1.29 is 0 Å². The number of hydrogen-bond acceptors (Lipinski definition) is 4. The first-order valence-electron chi connectivity index (χ1n) is 7.18. The van der Waals surface area contributed by atoms with Crippen LogP contribution in [0, 0.1) is 0 Å². The van der Waals surface area contributed by atoms with E-state index in [0.29, 0.717) is 18.5 Å². The average molecular weight is 297 g/mol. The minimum Gasteiger partial charge on any atom is -0.345 e. The third-order valence-corrected chi connectivity index (χ3v) is 4.08. The van der Waals surface area contributed by atoms with Gasteiger partial charge in [0, 0.05) is 30.9 Å². The summed E-state index contributed by atoms with van der Waals surface area (Å²) in [5.41, 5.74) is 3.85. The van der Waals surface area contributed by atoms with Crippen molar-refractivity contribution in [3.8, 4) is 0 Å². The molecule has 0 atom stereocenters. The van der Waals surface area contributed by atoms with Crippen molar-refractivity contribution in [3.63, 3.8) is 0 Å². The number of nitrogens with zero attached hydrogens (tertiary/aromatic N) is 2. The highest BCUT2D eigenvalue weighted by Crippen LogP contribution is 2.17. The third-order valence-electron chi connectivity index (χ3n) is 4.08. The number of imidazole rings is 1. The minimum absolute atomic E-state index is 0.266. The Labute approximate surface area is 125 Å². The Morgan fingerprint density at radius 1 is 1.23 bits per heavy atom. The molecule has 7 heteroatoms. The van der Waals surface area contributed by atoms with E-state index >= 15 is 0 Å². The molecule has 0 unspecified atom stereocenters. The summed E-state index contributed by atoms with van der Waals surface area (Å²) in [6.07, 6.45) is 2.33. The highest BCUT2D eigenvalue weighted by atomic mass is 16.2. The molecular weight excluding hydrogens is 282 g/mol. The Bertz CT molecular complexity index is 952. The lowest BCUT2D eigenvalue weighted by atomic mass is 10.1. The van der Waals surface area contributed by atoms with Gasteiger partial charge in [0.15, 0.2) is 0 Å². The van der Waals surface area contributed by atoms with Crippen molar-refractivity contribution in [1.82, 2.24) is 24.8 Å². The molecule has 112 valence electrons. The molecule has 0 amide bonds. The van der Waals surface area contributed by atoms with E-state index in [1.54, 1.807) is 6.33 Å². The fraction of sp³-hybridized carbons (Fsp3) is 0.267. The van der Waals surface area contributed by atoms with E-state index in [1.165, 1.54) is 5.56 Å². The van der Waals surface area contributed by atoms with E-state index in [1.807, 2.05) is 6.07 Å². The summed E-state index contributed by atoms with van der Waals surface area (Å²) in [7, 11) is 0.